The zero-order valence-corrected chi connectivity index (χ0v) is 17.7. The summed E-state index contributed by atoms with van der Waals surface area (Å²) in [6, 6.07) is 20.8. The van der Waals surface area contributed by atoms with E-state index < -0.39 is 0 Å². The van der Waals surface area contributed by atoms with Crippen molar-refractivity contribution in [3.63, 3.8) is 0 Å². The number of aryl methyl sites for hydroxylation is 1. The molecule has 0 atom stereocenters. The second kappa shape index (κ2) is 8.17. The predicted octanol–water partition coefficient (Wildman–Crippen LogP) is 6.43. The van der Waals surface area contributed by atoms with Crippen molar-refractivity contribution in [3.8, 4) is 17.0 Å². The lowest BCUT2D eigenvalue weighted by Gasteiger charge is -2.16. The van der Waals surface area contributed by atoms with Gasteiger partial charge in [0.05, 0.1) is 29.6 Å². The second-order valence-corrected chi connectivity index (χ2v) is 7.58. The number of rotatable bonds is 4. The van der Waals surface area contributed by atoms with E-state index in [4.69, 9.17) is 21.3 Å². The van der Waals surface area contributed by atoms with Crippen molar-refractivity contribution in [2.24, 2.45) is 0 Å². The highest BCUT2D eigenvalue weighted by atomic mass is 35.5. The Morgan fingerprint density at radius 1 is 1.00 bits per heavy atom. The molecule has 0 saturated carbocycles. The topological polar surface area (TPSA) is 51.2 Å². The van der Waals surface area contributed by atoms with E-state index in [9.17, 15) is 4.79 Å². The van der Waals surface area contributed by atoms with Gasteiger partial charge in [-0.05, 0) is 55.3 Å². The van der Waals surface area contributed by atoms with Crippen molar-refractivity contribution < 1.29 is 9.53 Å². The van der Waals surface area contributed by atoms with E-state index in [-0.39, 0.29) is 5.91 Å². The van der Waals surface area contributed by atoms with Gasteiger partial charge in [0.1, 0.15) is 5.75 Å². The van der Waals surface area contributed by atoms with Crippen molar-refractivity contribution in [3.05, 3.63) is 88.4 Å². The number of nitrogens with zero attached hydrogens (tertiary/aromatic N) is 1. The summed E-state index contributed by atoms with van der Waals surface area (Å²) in [5, 5.41) is 4.48. The quantitative estimate of drug-likeness (QED) is 0.417. The number of nitrogens with one attached hydrogen (secondary N) is 1. The summed E-state index contributed by atoms with van der Waals surface area (Å²) in [6.45, 7) is 3.90. The molecule has 0 radical (unpaired) electrons. The Labute approximate surface area is 180 Å². The molecule has 5 heteroatoms. The first-order chi connectivity index (χ1) is 14.5. The average molecular weight is 417 g/mol. The van der Waals surface area contributed by atoms with Gasteiger partial charge in [0, 0.05) is 16.0 Å². The molecule has 0 aliphatic heterocycles. The molecule has 0 fully saturated rings. The number of benzene rings is 3. The van der Waals surface area contributed by atoms with E-state index in [0.29, 0.717) is 22.0 Å². The van der Waals surface area contributed by atoms with E-state index >= 15 is 0 Å². The molecular weight excluding hydrogens is 396 g/mol. The number of pyridine rings is 1. The maximum Gasteiger partial charge on any atom is 0.256 e. The van der Waals surface area contributed by atoms with Crippen LogP contribution in [0.1, 0.15) is 21.5 Å². The molecular formula is C25H21ClN2O2. The number of hydrogen-bond acceptors (Lipinski definition) is 3. The third kappa shape index (κ3) is 3.74. The summed E-state index contributed by atoms with van der Waals surface area (Å²) in [7, 11) is 1.59. The van der Waals surface area contributed by atoms with Crippen LogP contribution in [0.5, 0.6) is 5.75 Å². The molecule has 0 saturated heterocycles. The molecule has 1 N–H and O–H groups in total. The molecule has 1 aromatic heterocycles. The van der Waals surface area contributed by atoms with Crippen LogP contribution in [0.3, 0.4) is 0 Å². The number of carbonyl (C=O) groups is 1. The molecule has 0 spiro atoms. The third-order valence-corrected chi connectivity index (χ3v) is 5.34. The molecule has 30 heavy (non-hydrogen) atoms. The summed E-state index contributed by atoms with van der Waals surface area (Å²) in [4.78, 5) is 18.3. The molecule has 1 amide bonds. The molecule has 0 bridgehead atoms. The third-order valence-electron chi connectivity index (χ3n) is 5.08. The van der Waals surface area contributed by atoms with Crippen LogP contribution in [0.15, 0.2) is 66.7 Å². The Hall–Kier alpha value is -3.37. The summed E-state index contributed by atoms with van der Waals surface area (Å²) in [5.74, 6) is 0.410. The van der Waals surface area contributed by atoms with Gasteiger partial charge in [0.25, 0.3) is 5.91 Å². The van der Waals surface area contributed by atoms with E-state index in [0.717, 1.165) is 33.3 Å². The maximum absolute atomic E-state index is 13.5. The number of ether oxygens (including phenoxy) is 1. The van der Waals surface area contributed by atoms with Crippen molar-refractivity contribution >= 4 is 34.1 Å². The lowest BCUT2D eigenvalue weighted by Crippen LogP contribution is -2.16. The largest absolute Gasteiger partial charge is 0.495 e. The number of methoxy groups -OCH3 is 1. The van der Waals surface area contributed by atoms with Crippen molar-refractivity contribution in [1.29, 1.82) is 0 Å². The number of carbonyl (C=O) groups excluding carboxylic acids is 1. The minimum Gasteiger partial charge on any atom is -0.495 e. The number of anilines is 1. The molecule has 4 rings (SSSR count). The fourth-order valence-corrected chi connectivity index (χ4v) is 3.72. The molecule has 0 aliphatic carbocycles. The molecule has 1 heterocycles. The first-order valence-electron chi connectivity index (χ1n) is 9.59. The summed E-state index contributed by atoms with van der Waals surface area (Å²) >= 11 is 6.05. The fourth-order valence-electron chi connectivity index (χ4n) is 3.59. The summed E-state index contributed by atoms with van der Waals surface area (Å²) in [6.07, 6.45) is 0. The lowest BCUT2D eigenvalue weighted by atomic mass is 9.97. The highest BCUT2D eigenvalue weighted by molar-refractivity contribution is 6.30. The van der Waals surface area contributed by atoms with Crippen LogP contribution in [-0.2, 0) is 0 Å². The standard InChI is InChI=1S/C25H21ClN2O2/c1-15-8-13-22(30-3)21(14-15)28-25(29)23-16(2)24(17-9-11-18(26)12-10-17)27-20-7-5-4-6-19(20)23/h4-14H,1-3H3,(H,28,29). The van der Waals surface area contributed by atoms with E-state index in [1.165, 1.54) is 0 Å². The van der Waals surface area contributed by atoms with Gasteiger partial charge in [0.15, 0.2) is 0 Å². The Kier molecular flexibility index (Phi) is 5.42. The number of halogens is 1. The van der Waals surface area contributed by atoms with Gasteiger partial charge in [0.2, 0.25) is 0 Å². The Morgan fingerprint density at radius 2 is 1.73 bits per heavy atom. The molecule has 0 aliphatic rings. The van der Waals surface area contributed by atoms with Crippen LogP contribution in [0.4, 0.5) is 5.69 Å². The van der Waals surface area contributed by atoms with Crippen molar-refractivity contribution in [2.45, 2.75) is 13.8 Å². The maximum atomic E-state index is 13.5. The minimum absolute atomic E-state index is 0.204. The van der Waals surface area contributed by atoms with Gasteiger partial charge in [-0.1, -0.05) is 48.0 Å². The minimum atomic E-state index is -0.204. The highest BCUT2D eigenvalue weighted by Crippen LogP contribution is 2.32. The first-order valence-corrected chi connectivity index (χ1v) is 9.97. The van der Waals surface area contributed by atoms with Crippen LogP contribution >= 0.6 is 11.6 Å². The number of aromatic nitrogens is 1. The normalized spacial score (nSPS) is 10.8. The Morgan fingerprint density at radius 3 is 2.47 bits per heavy atom. The predicted molar refractivity (Wildman–Crippen MR) is 123 cm³/mol. The molecule has 4 aromatic rings. The Bertz CT molecular complexity index is 1250. The van der Waals surface area contributed by atoms with Gasteiger partial charge >= 0.3 is 0 Å². The number of fused-ring (bicyclic) bond motifs is 1. The monoisotopic (exact) mass is 416 g/mol. The van der Waals surface area contributed by atoms with Gasteiger partial charge < -0.3 is 10.1 Å². The molecule has 4 nitrogen and oxygen atoms in total. The fraction of sp³-hybridized carbons (Fsp3) is 0.120. The second-order valence-electron chi connectivity index (χ2n) is 7.14. The van der Waals surface area contributed by atoms with E-state index in [1.54, 1.807) is 7.11 Å². The Balaban J connectivity index is 1.87. The van der Waals surface area contributed by atoms with Crippen LogP contribution in [-0.4, -0.2) is 18.0 Å². The average Bonchev–Trinajstić information content (AvgIpc) is 2.74. The molecule has 3 aromatic carbocycles. The van der Waals surface area contributed by atoms with Crippen LogP contribution in [0.25, 0.3) is 22.2 Å². The van der Waals surface area contributed by atoms with Gasteiger partial charge in [-0.2, -0.15) is 0 Å². The number of para-hydroxylation sites is 1. The molecule has 150 valence electrons. The lowest BCUT2D eigenvalue weighted by molar-refractivity contribution is 0.102. The smallest absolute Gasteiger partial charge is 0.256 e. The van der Waals surface area contributed by atoms with Gasteiger partial charge in [-0.15, -0.1) is 0 Å². The zero-order chi connectivity index (χ0) is 21.3. The summed E-state index contributed by atoms with van der Waals surface area (Å²) < 4.78 is 5.42. The summed E-state index contributed by atoms with van der Waals surface area (Å²) in [5.41, 5.74) is 5.49. The first kappa shape index (κ1) is 19.9. The van der Waals surface area contributed by atoms with E-state index in [2.05, 4.69) is 5.32 Å². The zero-order valence-electron chi connectivity index (χ0n) is 17.0. The van der Waals surface area contributed by atoms with Crippen molar-refractivity contribution in [2.75, 3.05) is 12.4 Å². The van der Waals surface area contributed by atoms with E-state index in [1.807, 2.05) is 80.6 Å². The van der Waals surface area contributed by atoms with Gasteiger partial charge in [-0.25, -0.2) is 4.98 Å². The number of hydrogen-bond donors (Lipinski definition) is 1. The van der Waals surface area contributed by atoms with Gasteiger partial charge in [-0.3, -0.25) is 4.79 Å². The van der Waals surface area contributed by atoms with Crippen LogP contribution in [0.2, 0.25) is 5.02 Å². The number of amides is 1. The van der Waals surface area contributed by atoms with Crippen molar-refractivity contribution in [1.82, 2.24) is 4.98 Å². The highest BCUT2D eigenvalue weighted by Gasteiger charge is 2.20. The van der Waals surface area contributed by atoms with Crippen LogP contribution < -0.4 is 10.1 Å². The SMILES string of the molecule is COc1ccc(C)cc1NC(=O)c1c(C)c(-c2ccc(Cl)cc2)nc2ccccc12. The molecule has 0 unspecified atom stereocenters. The van der Waals surface area contributed by atoms with Crippen LogP contribution in [0, 0.1) is 13.8 Å².